The van der Waals surface area contributed by atoms with Crippen LogP contribution in [0.1, 0.15) is 29.4 Å². The van der Waals surface area contributed by atoms with Crippen molar-refractivity contribution < 1.29 is 0 Å². The molecule has 1 rings (SSSR count). The number of hydrazine groups is 1. The number of nitrogens with zero attached hydrogens (tertiary/aromatic N) is 2. The van der Waals surface area contributed by atoms with E-state index in [1.54, 1.807) is 0 Å². The van der Waals surface area contributed by atoms with E-state index in [1.165, 1.54) is 0 Å². The third-order valence-corrected chi connectivity index (χ3v) is 2.04. The number of aryl methyl sites for hydroxylation is 2. The molecule has 0 radical (unpaired) electrons. The Morgan fingerprint density at radius 3 is 2.86 bits per heavy atom. The van der Waals surface area contributed by atoms with Crippen molar-refractivity contribution in [2.75, 3.05) is 0 Å². The molecule has 0 saturated heterocycles. The second-order valence-corrected chi connectivity index (χ2v) is 3.15. The molecule has 14 heavy (non-hydrogen) atoms. The lowest BCUT2D eigenvalue weighted by Gasteiger charge is -2.15. The van der Waals surface area contributed by atoms with Gasteiger partial charge in [0.1, 0.15) is 0 Å². The van der Waals surface area contributed by atoms with Gasteiger partial charge in [-0.05, 0) is 25.5 Å². The molecule has 1 aromatic heterocycles. The Morgan fingerprint density at radius 2 is 2.29 bits per heavy atom. The molecule has 74 valence electrons. The van der Waals surface area contributed by atoms with E-state index >= 15 is 0 Å². The van der Waals surface area contributed by atoms with E-state index in [-0.39, 0.29) is 6.04 Å². The molecule has 1 heterocycles. The first kappa shape index (κ1) is 10.6. The fraction of sp³-hybridized carbons (Fsp3) is 0.400. The average molecular weight is 190 g/mol. The Kier molecular flexibility index (Phi) is 3.57. The summed E-state index contributed by atoms with van der Waals surface area (Å²) in [5.74, 6) is 7.99. The zero-order valence-electron chi connectivity index (χ0n) is 8.41. The Labute approximate surface area is 83.9 Å². The van der Waals surface area contributed by atoms with Crippen molar-refractivity contribution in [1.29, 1.82) is 0 Å². The lowest BCUT2D eigenvalue weighted by molar-refractivity contribution is 0.559. The molecular formula is C10H14N4. The van der Waals surface area contributed by atoms with Crippen LogP contribution in [-0.2, 0) is 0 Å². The van der Waals surface area contributed by atoms with E-state index < -0.39 is 0 Å². The van der Waals surface area contributed by atoms with Crippen LogP contribution in [0.15, 0.2) is 6.07 Å². The summed E-state index contributed by atoms with van der Waals surface area (Å²) in [5, 5.41) is 7.96. The number of terminal acetylenes is 1. The number of rotatable bonds is 3. The molecule has 1 unspecified atom stereocenters. The Balaban J connectivity index is 3.03. The van der Waals surface area contributed by atoms with Crippen molar-refractivity contribution >= 4 is 0 Å². The van der Waals surface area contributed by atoms with E-state index in [2.05, 4.69) is 21.5 Å². The van der Waals surface area contributed by atoms with Gasteiger partial charge in [0.15, 0.2) is 0 Å². The van der Waals surface area contributed by atoms with Crippen LogP contribution in [0.2, 0.25) is 0 Å². The van der Waals surface area contributed by atoms with Crippen molar-refractivity contribution in [3.63, 3.8) is 0 Å². The molecule has 0 spiro atoms. The smallest absolute Gasteiger partial charge is 0.0649 e. The number of nitrogens with one attached hydrogen (secondary N) is 1. The molecule has 3 N–H and O–H groups in total. The van der Waals surface area contributed by atoms with Crippen LogP contribution in [-0.4, -0.2) is 10.2 Å². The second-order valence-electron chi connectivity index (χ2n) is 3.15. The van der Waals surface area contributed by atoms with Gasteiger partial charge in [-0.2, -0.15) is 10.2 Å². The molecule has 0 bridgehead atoms. The second kappa shape index (κ2) is 4.70. The molecule has 1 aromatic rings. The normalized spacial score (nSPS) is 12.1. The van der Waals surface area contributed by atoms with Crippen LogP contribution in [0, 0.1) is 26.2 Å². The average Bonchev–Trinajstić information content (AvgIpc) is 2.18. The van der Waals surface area contributed by atoms with Crippen molar-refractivity contribution in [3.05, 3.63) is 23.0 Å². The van der Waals surface area contributed by atoms with Gasteiger partial charge in [-0.3, -0.25) is 11.3 Å². The number of hydrogen-bond donors (Lipinski definition) is 2. The Hall–Kier alpha value is -1.44. The summed E-state index contributed by atoms with van der Waals surface area (Å²) >= 11 is 0. The van der Waals surface area contributed by atoms with E-state index in [9.17, 15) is 0 Å². The predicted octanol–water partition coefficient (Wildman–Crippen LogP) is 0.621. The lowest BCUT2D eigenvalue weighted by Crippen LogP contribution is -2.28. The molecule has 0 aliphatic rings. The van der Waals surface area contributed by atoms with Crippen molar-refractivity contribution in [2.24, 2.45) is 5.84 Å². The number of aromatic nitrogens is 2. The van der Waals surface area contributed by atoms with Gasteiger partial charge in [0.25, 0.3) is 0 Å². The third-order valence-electron chi connectivity index (χ3n) is 2.04. The molecule has 4 heteroatoms. The van der Waals surface area contributed by atoms with E-state index in [0.29, 0.717) is 6.42 Å². The van der Waals surface area contributed by atoms with Crippen molar-refractivity contribution in [2.45, 2.75) is 26.3 Å². The molecule has 4 nitrogen and oxygen atoms in total. The summed E-state index contributed by atoms with van der Waals surface area (Å²) in [6, 6.07) is 1.90. The topological polar surface area (TPSA) is 63.8 Å². The predicted molar refractivity (Wildman–Crippen MR) is 55.0 cm³/mol. The minimum absolute atomic E-state index is 0.0470. The van der Waals surface area contributed by atoms with Crippen LogP contribution in [0.3, 0.4) is 0 Å². The van der Waals surface area contributed by atoms with Crippen molar-refractivity contribution in [3.8, 4) is 12.3 Å². The van der Waals surface area contributed by atoms with E-state index in [4.69, 9.17) is 12.3 Å². The lowest BCUT2D eigenvalue weighted by atomic mass is 10.0. The molecular weight excluding hydrogens is 176 g/mol. The fourth-order valence-electron chi connectivity index (χ4n) is 1.30. The zero-order valence-corrected chi connectivity index (χ0v) is 8.41. The number of nitrogens with two attached hydrogens (primary N) is 1. The third kappa shape index (κ3) is 2.28. The fourth-order valence-corrected chi connectivity index (χ4v) is 1.30. The Morgan fingerprint density at radius 1 is 1.57 bits per heavy atom. The molecule has 1 atom stereocenters. The van der Waals surface area contributed by atoms with Crippen LogP contribution in [0.4, 0.5) is 0 Å². The number of hydrogen-bond acceptors (Lipinski definition) is 4. The van der Waals surface area contributed by atoms with Crippen molar-refractivity contribution in [1.82, 2.24) is 15.6 Å². The summed E-state index contributed by atoms with van der Waals surface area (Å²) in [6.07, 6.45) is 5.79. The molecule has 0 saturated carbocycles. The van der Waals surface area contributed by atoms with E-state index in [1.807, 2.05) is 19.9 Å². The molecule has 0 aliphatic carbocycles. The van der Waals surface area contributed by atoms with Gasteiger partial charge in [0.05, 0.1) is 17.4 Å². The van der Waals surface area contributed by atoms with Gasteiger partial charge in [0.2, 0.25) is 0 Å². The largest absolute Gasteiger partial charge is 0.271 e. The van der Waals surface area contributed by atoms with E-state index in [0.717, 1.165) is 17.0 Å². The highest BCUT2D eigenvalue weighted by Gasteiger charge is 2.12. The van der Waals surface area contributed by atoms with Crippen LogP contribution < -0.4 is 11.3 Å². The highest BCUT2D eigenvalue weighted by molar-refractivity contribution is 5.24. The standard InChI is InChI=1S/C10H14N4/c1-4-5-10(12-11)9-6-7(2)13-14-8(9)3/h1,6,10,12H,5,11H2,2-3H3. The summed E-state index contributed by atoms with van der Waals surface area (Å²) in [7, 11) is 0. The van der Waals surface area contributed by atoms with Gasteiger partial charge >= 0.3 is 0 Å². The van der Waals surface area contributed by atoms with Crippen LogP contribution in [0.5, 0.6) is 0 Å². The zero-order chi connectivity index (χ0) is 10.6. The maximum absolute atomic E-state index is 5.42. The summed E-state index contributed by atoms with van der Waals surface area (Å²) in [5.41, 5.74) is 5.41. The quantitative estimate of drug-likeness (QED) is 0.416. The van der Waals surface area contributed by atoms with Gasteiger partial charge in [-0.25, -0.2) is 0 Å². The van der Waals surface area contributed by atoms with Crippen LogP contribution in [0.25, 0.3) is 0 Å². The molecule has 0 aliphatic heterocycles. The molecule has 0 aromatic carbocycles. The molecule has 0 fully saturated rings. The summed E-state index contributed by atoms with van der Waals surface area (Å²) < 4.78 is 0. The summed E-state index contributed by atoms with van der Waals surface area (Å²) in [6.45, 7) is 3.78. The van der Waals surface area contributed by atoms with Gasteiger partial charge in [-0.15, -0.1) is 12.3 Å². The summed E-state index contributed by atoms with van der Waals surface area (Å²) in [4.78, 5) is 0. The first-order chi connectivity index (χ1) is 6.69. The Bertz CT molecular complexity index is 354. The highest BCUT2D eigenvalue weighted by Crippen LogP contribution is 2.17. The molecule has 0 amide bonds. The monoisotopic (exact) mass is 190 g/mol. The SMILES string of the molecule is C#CCC(NN)c1cc(C)nnc1C. The first-order valence-corrected chi connectivity index (χ1v) is 4.39. The minimum Gasteiger partial charge on any atom is -0.271 e. The first-order valence-electron chi connectivity index (χ1n) is 4.39. The maximum Gasteiger partial charge on any atom is 0.0649 e. The van der Waals surface area contributed by atoms with Crippen LogP contribution >= 0.6 is 0 Å². The van der Waals surface area contributed by atoms with Gasteiger partial charge in [-0.1, -0.05) is 0 Å². The van der Waals surface area contributed by atoms with Gasteiger partial charge < -0.3 is 0 Å². The maximum atomic E-state index is 5.42. The minimum atomic E-state index is -0.0470. The van der Waals surface area contributed by atoms with Gasteiger partial charge in [0, 0.05) is 6.42 Å². The highest BCUT2D eigenvalue weighted by atomic mass is 15.2.